The molecule has 0 aliphatic rings. The van der Waals surface area contributed by atoms with Crippen LogP contribution in [0.25, 0.3) is 10.8 Å². The van der Waals surface area contributed by atoms with Gasteiger partial charge in [-0.15, -0.1) is 0 Å². The number of hydrogen-bond donors (Lipinski definition) is 2. The van der Waals surface area contributed by atoms with Gasteiger partial charge in [-0.2, -0.15) is 5.10 Å². The van der Waals surface area contributed by atoms with Gasteiger partial charge in [0.1, 0.15) is 0 Å². The number of pyridine rings is 1. The third-order valence-corrected chi connectivity index (χ3v) is 3.69. The highest BCUT2D eigenvalue weighted by Crippen LogP contribution is 2.12. The van der Waals surface area contributed by atoms with Crippen LogP contribution in [0.2, 0.25) is 0 Å². The van der Waals surface area contributed by atoms with E-state index >= 15 is 0 Å². The average molecular weight is 312 g/mol. The highest BCUT2D eigenvalue weighted by Gasteiger charge is 2.08. The van der Waals surface area contributed by atoms with E-state index in [4.69, 9.17) is 5.21 Å². The van der Waals surface area contributed by atoms with Crippen molar-refractivity contribution in [3.05, 3.63) is 64.3 Å². The van der Waals surface area contributed by atoms with E-state index in [0.29, 0.717) is 18.5 Å². The first kappa shape index (κ1) is 15.0. The Morgan fingerprint density at radius 3 is 2.74 bits per heavy atom. The maximum absolute atomic E-state index is 12.6. The summed E-state index contributed by atoms with van der Waals surface area (Å²) in [5.41, 5.74) is 2.55. The van der Waals surface area contributed by atoms with E-state index < -0.39 is 5.91 Å². The van der Waals surface area contributed by atoms with Crippen LogP contribution < -0.4 is 11.0 Å². The molecule has 7 nitrogen and oxygen atoms in total. The second kappa shape index (κ2) is 6.05. The van der Waals surface area contributed by atoms with Gasteiger partial charge in [-0.05, 0) is 36.6 Å². The zero-order valence-corrected chi connectivity index (χ0v) is 12.6. The van der Waals surface area contributed by atoms with Gasteiger partial charge in [-0.1, -0.05) is 6.07 Å². The lowest BCUT2D eigenvalue weighted by molar-refractivity contribution is 0.0706. The molecule has 0 atom stereocenters. The molecule has 0 aliphatic heterocycles. The maximum atomic E-state index is 12.6. The SMILES string of the molecule is Cc1ccn(CCn2ccc3ccc(C(=O)NO)cc3c2=O)n1. The van der Waals surface area contributed by atoms with Crippen LogP contribution in [0.15, 0.2) is 47.5 Å². The van der Waals surface area contributed by atoms with Gasteiger partial charge in [0.2, 0.25) is 0 Å². The maximum Gasteiger partial charge on any atom is 0.274 e. The van der Waals surface area contributed by atoms with Gasteiger partial charge in [-0.3, -0.25) is 19.5 Å². The largest absolute Gasteiger partial charge is 0.313 e. The van der Waals surface area contributed by atoms with Gasteiger partial charge in [-0.25, -0.2) is 5.48 Å². The molecule has 0 saturated heterocycles. The summed E-state index contributed by atoms with van der Waals surface area (Å²) in [6, 6.07) is 8.46. The highest BCUT2D eigenvalue weighted by atomic mass is 16.5. The Balaban J connectivity index is 1.93. The quantitative estimate of drug-likeness (QED) is 0.562. The zero-order chi connectivity index (χ0) is 16.4. The second-order valence-corrected chi connectivity index (χ2v) is 5.28. The van der Waals surface area contributed by atoms with E-state index in [1.165, 1.54) is 6.07 Å². The molecule has 3 aromatic rings. The molecule has 1 aromatic carbocycles. The van der Waals surface area contributed by atoms with Crippen LogP contribution >= 0.6 is 0 Å². The molecule has 2 aromatic heterocycles. The molecule has 118 valence electrons. The number of nitrogens with one attached hydrogen (secondary N) is 1. The number of carbonyl (C=O) groups is 1. The summed E-state index contributed by atoms with van der Waals surface area (Å²) >= 11 is 0. The first-order chi connectivity index (χ1) is 11.1. The monoisotopic (exact) mass is 312 g/mol. The van der Waals surface area contributed by atoms with Crippen molar-refractivity contribution in [3.8, 4) is 0 Å². The minimum absolute atomic E-state index is 0.182. The van der Waals surface area contributed by atoms with Crippen molar-refractivity contribution in [2.75, 3.05) is 0 Å². The number of nitrogens with zero attached hydrogens (tertiary/aromatic N) is 3. The highest BCUT2D eigenvalue weighted by molar-refractivity contribution is 5.97. The minimum atomic E-state index is -0.645. The Bertz CT molecular complexity index is 926. The summed E-state index contributed by atoms with van der Waals surface area (Å²) in [7, 11) is 0. The van der Waals surface area contributed by atoms with Crippen LogP contribution in [0.3, 0.4) is 0 Å². The second-order valence-electron chi connectivity index (χ2n) is 5.28. The number of amides is 1. The molecule has 2 N–H and O–H groups in total. The fraction of sp³-hybridized carbons (Fsp3) is 0.188. The molecule has 0 unspecified atom stereocenters. The third kappa shape index (κ3) is 3.00. The summed E-state index contributed by atoms with van der Waals surface area (Å²) in [5, 5.41) is 14.2. The number of benzene rings is 1. The van der Waals surface area contributed by atoms with Gasteiger partial charge in [0.15, 0.2) is 0 Å². The molecule has 0 radical (unpaired) electrons. The van der Waals surface area contributed by atoms with Gasteiger partial charge in [0, 0.05) is 29.9 Å². The van der Waals surface area contributed by atoms with E-state index in [9.17, 15) is 9.59 Å². The van der Waals surface area contributed by atoms with Gasteiger partial charge >= 0.3 is 0 Å². The number of hydrogen-bond acceptors (Lipinski definition) is 4. The fourth-order valence-corrected chi connectivity index (χ4v) is 2.46. The van der Waals surface area contributed by atoms with E-state index in [2.05, 4.69) is 5.10 Å². The molecule has 3 rings (SSSR count). The van der Waals surface area contributed by atoms with Crippen molar-refractivity contribution in [2.45, 2.75) is 20.0 Å². The number of aryl methyl sites for hydroxylation is 3. The summed E-state index contributed by atoms with van der Waals surface area (Å²) < 4.78 is 3.36. The lowest BCUT2D eigenvalue weighted by Crippen LogP contribution is -2.23. The van der Waals surface area contributed by atoms with Crippen molar-refractivity contribution in [1.29, 1.82) is 0 Å². The van der Waals surface area contributed by atoms with Crippen molar-refractivity contribution in [3.63, 3.8) is 0 Å². The molecule has 23 heavy (non-hydrogen) atoms. The number of aromatic nitrogens is 3. The predicted molar refractivity (Wildman–Crippen MR) is 84.4 cm³/mol. The summed E-state index contributed by atoms with van der Waals surface area (Å²) in [4.78, 5) is 24.0. The van der Waals surface area contributed by atoms with Crippen LogP contribution in [0.5, 0.6) is 0 Å². The number of hydroxylamine groups is 1. The Hall–Kier alpha value is -2.93. The van der Waals surface area contributed by atoms with E-state index in [1.54, 1.807) is 33.1 Å². The normalized spacial score (nSPS) is 10.9. The lowest BCUT2D eigenvalue weighted by Gasteiger charge is -2.08. The van der Waals surface area contributed by atoms with Gasteiger partial charge in [0.05, 0.1) is 12.2 Å². The average Bonchev–Trinajstić information content (AvgIpc) is 2.99. The standard InChI is InChI=1S/C16H16N4O3/c1-11-4-7-20(17-11)9-8-19-6-5-12-2-3-13(15(21)18-23)10-14(12)16(19)22/h2-7,10,23H,8-9H2,1H3,(H,18,21). The molecule has 1 amide bonds. The molecule has 0 spiro atoms. The molecular weight excluding hydrogens is 296 g/mol. The molecule has 0 fully saturated rings. The first-order valence-electron chi connectivity index (χ1n) is 7.16. The molecule has 0 aliphatic carbocycles. The van der Waals surface area contributed by atoms with Crippen LogP contribution in [0.4, 0.5) is 0 Å². The summed E-state index contributed by atoms with van der Waals surface area (Å²) in [6.45, 7) is 2.97. The molecule has 7 heteroatoms. The summed E-state index contributed by atoms with van der Waals surface area (Å²) in [6.07, 6.45) is 3.60. The number of fused-ring (bicyclic) bond motifs is 1. The Morgan fingerprint density at radius 1 is 1.22 bits per heavy atom. The topological polar surface area (TPSA) is 89.1 Å². The summed E-state index contributed by atoms with van der Waals surface area (Å²) in [5.74, 6) is -0.645. The molecule has 2 heterocycles. The zero-order valence-electron chi connectivity index (χ0n) is 12.6. The Labute approximate surface area is 131 Å². The van der Waals surface area contributed by atoms with Crippen molar-refractivity contribution < 1.29 is 10.0 Å². The van der Waals surface area contributed by atoms with Crippen LogP contribution in [0.1, 0.15) is 16.1 Å². The molecule has 0 saturated carbocycles. The van der Waals surface area contributed by atoms with Crippen molar-refractivity contribution >= 4 is 16.7 Å². The number of carbonyl (C=O) groups excluding carboxylic acids is 1. The van der Waals surface area contributed by atoms with Crippen molar-refractivity contribution in [1.82, 2.24) is 19.8 Å². The van der Waals surface area contributed by atoms with E-state index in [1.807, 2.05) is 25.3 Å². The predicted octanol–water partition coefficient (Wildman–Crippen LogP) is 1.33. The minimum Gasteiger partial charge on any atom is -0.313 e. The molecule has 0 bridgehead atoms. The number of rotatable bonds is 4. The molecular formula is C16H16N4O3. The van der Waals surface area contributed by atoms with E-state index in [-0.39, 0.29) is 11.1 Å². The fourth-order valence-electron chi connectivity index (χ4n) is 2.46. The lowest BCUT2D eigenvalue weighted by atomic mass is 10.1. The third-order valence-electron chi connectivity index (χ3n) is 3.69. The van der Waals surface area contributed by atoms with Crippen LogP contribution in [-0.2, 0) is 13.1 Å². The van der Waals surface area contributed by atoms with E-state index in [0.717, 1.165) is 11.1 Å². The van der Waals surface area contributed by atoms with Gasteiger partial charge in [0.25, 0.3) is 11.5 Å². The Morgan fingerprint density at radius 2 is 2.04 bits per heavy atom. The van der Waals surface area contributed by atoms with Crippen molar-refractivity contribution in [2.24, 2.45) is 0 Å². The van der Waals surface area contributed by atoms with Gasteiger partial charge < -0.3 is 4.57 Å². The van der Waals surface area contributed by atoms with Crippen LogP contribution in [-0.4, -0.2) is 25.5 Å². The first-order valence-corrected chi connectivity index (χ1v) is 7.16. The van der Waals surface area contributed by atoms with Crippen LogP contribution in [0, 0.1) is 6.92 Å². The smallest absolute Gasteiger partial charge is 0.274 e. The Kier molecular flexibility index (Phi) is 3.94.